The molecule has 3 N–H and O–H groups in total. The number of nitro groups is 1. The van der Waals surface area contributed by atoms with Gasteiger partial charge in [0.25, 0.3) is 17.5 Å². The van der Waals surface area contributed by atoms with Gasteiger partial charge in [-0.1, -0.05) is 62.4 Å². The third-order valence-electron chi connectivity index (χ3n) is 6.93. The Morgan fingerprint density at radius 2 is 1.51 bits per heavy atom. The smallest absolute Gasteiger partial charge is 0.272 e. The van der Waals surface area contributed by atoms with Gasteiger partial charge in [-0.05, 0) is 78.9 Å². The fraction of sp³-hybridized carbons (Fsp3) is 0.171. The average molecular weight is 623 g/mol. The molecule has 0 radical (unpaired) electrons. The molecule has 0 bridgehead atoms. The summed E-state index contributed by atoms with van der Waals surface area (Å²) >= 11 is 1.31. The Kier molecular flexibility index (Phi) is 10.9. The fourth-order valence-corrected chi connectivity index (χ4v) is 5.12. The molecule has 0 aromatic heterocycles. The Bertz CT molecular complexity index is 1720. The largest absolute Gasteiger partial charge is 0.325 e. The third kappa shape index (κ3) is 9.14. The highest BCUT2D eigenvalue weighted by molar-refractivity contribution is 8.00. The van der Waals surface area contributed by atoms with Crippen molar-refractivity contribution in [2.75, 3.05) is 10.6 Å². The summed E-state index contributed by atoms with van der Waals surface area (Å²) in [5.41, 5.74) is 3.94. The summed E-state index contributed by atoms with van der Waals surface area (Å²) in [5.74, 6) is -0.840. The molecule has 230 valence electrons. The summed E-state index contributed by atoms with van der Waals surface area (Å²) < 4.78 is 0. The van der Waals surface area contributed by atoms with Crippen LogP contribution in [-0.2, 0) is 9.59 Å². The van der Waals surface area contributed by atoms with Crippen LogP contribution in [0, 0.1) is 17.0 Å². The molecular weight excluding hydrogens is 588 g/mol. The first kappa shape index (κ1) is 32.7. The van der Waals surface area contributed by atoms with Gasteiger partial charge in [0.15, 0.2) is 0 Å². The Morgan fingerprint density at radius 3 is 2.13 bits per heavy atom. The molecule has 0 saturated heterocycles. The van der Waals surface area contributed by atoms with E-state index in [1.165, 1.54) is 23.9 Å². The zero-order valence-electron chi connectivity index (χ0n) is 25.4. The fourth-order valence-electron chi connectivity index (χ4n) is 4.25. The van der Waals surface area contributed by atoms with E-state index in [0.717, 1.165) is 16.0 Å². The highest BCUT2D eigenvalue weighted by Crippen LogP contribution is 2.28. The lowest BCUT2D eigenvalue weighted by atomic mass is 10.0. The first-order valence-electron chi connectivity index (χ1n) is 14.3. The van der Waals surface area contributed by atoms with Gasteiger partial charge in [0.2, 0.25) is 5.91 Å². The number of aryl methyl sites for hydroxylation is 1. The van der Waals surface area contributed by atoms with Crippen LogP contribution >= 0.6 is 11.8 Å². The Hall–Kier alpha value is -5.22. The molecule has 0 aliphatic rings. The van der Waals surface area contributed by atoms with Crippen LogP contribution in [-0.4, -0.2) is 27.9 Å². The van der Waals surface area contributed by atoms with Crippen LogP contribution in [0.15, 0.2) is 108 Å². The van der Waals surface area contributed by atoms with Crippen LogP contribution in [0.3, 0.4) is 0 Å². The number of hydrogen-bond donors (Lipinski definition) is 3. The van der Waals surface area contributed by atoms with Gasteiger partial charge in [0.1, 0.15) is 5.70 Å². The SMILES string of the molecule is Cc1ccc([N+](=O)[O-])cc1NC(=O)C(C)Sc1ccc(NC(=O)/C(=C/c2ccc(C(C)C)cc2)NC(=O)c2ccccc2)cc1. The number of hydrogen-bond acceptors (Lipinski definition) is 6. The zero-order valence-corrected chi connectivity index (χ0v) is 26.2. The third-order valence-corrected chi connectivity index (χ3v) is 8.04. The molecule has 0 fully saturated rings. The molecular formula is C35H34N4O5S. The number of nitro benzene ring substituents is 1. The maximum Gasteiger partial charge on any atom is 0.272 e. The van der Waals surface area contributed by atoms with E-state index in [4.69, 9.17) is 0 Å². The number of rotatable bonds is 11. The van der Waals surface area contributed by atoms with Crippen molar-refractivity contribution in [1.29, 1.82) is 0 Å². The van der Waals surface area contributed by atoms with E-state index in [0.29, 0.717) is 28.4 Å². The number of amides is 3. The molecule has 0 heterocycles. The second-order valence-corrected chi connectivity index (χ2v) is 12.1. The average Bonchev–Trinajstić information content (AvgIpc) is 3.03. The van der Waals surface area contributed by atoms with Gasteiger partial charge >= 0.3 is 0 Å². The first-order valence-corrected chi connectivity index (χ1v) is 15.2. The van der Waals surface area contributed by atoms with Crippen LogP contribution in [0.5, 0.6) is 0 Å². The maximum absolute atomic E-state index is 13.4. The molecule has 10 heteroatoms. The summed E-state index contributed by atoms with van der Waals surface area (Å²) in [6.45, 7) is 7.71. The predicted molar refractivity (Wildman–Crippen MR) is 179 cm³/mol. The van der Waals surface area contributed by atoms with E-state index in [2.05, 4.69) is 29.8 Å². The monoisotopic (exact) mass is 622 g/mol. The molecule has 0 saturated carbocycles. The highest BCUT2D eigenvalue weighted by Gasteiger charge is 2.18. The van der Waals surface area contributed by atoms with Crippen LogP contribution < -0.4 is 16.0 Å². The van der Waals surface area contributed by atoms with E-state index in [-0.39, 0.29) is 17.3 Å². The van der Waals surface area contributed by atoms with Crippen molar-refractivity contribution in [1.82, 2.24) is 5.32 Å². The quantitative estimate of drug-likeness (QED) is 0.0685. The van der Waals surface area contributed by atoms with Crippen molar-refractivity contribution >= 4 is 52.6 Å². The van der Waals surface area contributed by atoms with Crippen molar-refractivity contribution in [3.05, 3.63) is 135 Å². The molecule has 3 amide bonds. The first-order chi connectivity index (χ1) is 21.5. The lowest BCUT2D eigenvalue weighted by molar-refractivity contribution is -0.384. The normalized spacial score (nSPS) is 11.9. The standard InChI is InChI=1S/C35H34N4O5S/c1-22(2)26-13-11-25(12-14-26)20-32(38-34(41)27-8-6-5-7-9-27)35(42)36-28-15-18-30(19-16-28)45-24(4)33(40)37-31-21-29(39(43)44)17-10-23(31)3/h5-22,24H,1-4H3,(H,36,42)(H,37,40)(H,38,41)/b32-20-. The molecule has 4 rings (SSSR count). The van der Waals surface area contributed by atoms with Crippen molar-refractivity contribution < 1.29 is 19.3 Å². The predicted octanol–water partition coefficient (Wildman–Crippen LogP) is 7.56. The second kappa shape index (κ2) is 15.0. The van der Waals surface area contributed by atoms with Crippen LogP contribution in [0.2, 0.25) is 0 Å². The van der Waals surface area contributed by atoms with Gasteiger partial charge in [-0.15, -0.1) is 11.8 Å². The molecule has 0 spiro atoms. The minimum Gasteiger partial charge on any atom is -0.325 e. The highest BCUT2D eigenvalue weighted by atomic mass is 32.2. The number of thioether (sulfide) groups is 1. The number of non-ortho nitro benzene ring substituents is 1. The van der Waals surface area contributed by atoms with Crippen molar-refractivity contribution in [2.24, 2.45) is 0 Å². The van der Waals surface area contributed by atoms with Gasteiger partial charge in [-0.3, -0.25) is 24.5 Å². The minimum atomic E-state index is -0.506. The zero-order chi connectivity index (χ0) is 32.5. The number of nitrogens with one attached hydrogen (secondary N) is 3. The van der Waals surface area contributed by atoms with Crippen LogP contribution in [0.4, 0.5) is 17.1 Å². The van der Waals surface area contributed by atoms with E-state index in [1.807, 2.05) is 30.3 Å². The molecule has 4 aromatic rings. The molecule has 9 nitrogen and oxygen atoms in total. The summed E-state index contributed by atoms with van der Waals surface area (Å²) in [5, 5.41) is 19.0. The number of nitrogens with zero attached hydrogens (tertiary/aromatic N) is 1. The summed E-state index contributed by atoms with van der Waals surface area (Å²) in [6, 6.07) is 27.8. The second-order valence-electron chi connectivity index (χ2n) is 10.7. The van der Waals surface area contributed by atoms with Gasteiger partial charge in [-0.25, -0.2) is 0 Å². The van der Waals surface area contributed by atoms with Crippen molar-refractivity contribution in [2.45, 2.75) is 43.8 Å². The topological polar surface area (TPSA) is 130 Å². The minimum absolute atomic E-state index is 0.0846. The summed E-state index contributed by atoms with van der Waals surface area (Å²) in [4.78, 5) is 50.5. The van der Waals surface area contributed by atoms with Gasteiger partial charge in [0, 0.05) is 28.3 Å². The summed E-state index contributed by atoms with van der Waals surface area (Å²) in [7, 11) is 0. The van der Waals surface area contributed by atoms with E-state index in [9.17, 15) is 24.5 Å². The lowest BCUT2D eigenvalue weighted by Gasteiger charge is -2.14. The van der Waals surface area contributed by atoms with E-state index < -0.39 is 22.0 Å². The Balaban J connectivity index is 1.44. The Morgan fingerprint density at radius 1 is 0.844 bits per heavy atom. The molecule has 1 unspecified atom stereocenters. The lowest BCUT2D eigenvalue weighted by Crippen LogP contribution is -2.30. The van der Waals surface area contributed by atoms with Gasteiger partial charge < -0.3 is 16.0 Å². The Labute approximate surface area is 266 Å². The van der Waals surface area contributed by atoms with Gasteiger partial charge in [0.05, 0.1) is 15.9 Å². The number of carbonyl (C=O) groups is 3. The van der Waals surface area contributed by atoms with Gasteiger partial charge in [-0.2, -0.15) is 0 Å². The molecule has 0 aliphatic heterocycles. The molecule has 0 aliphatic carbocycles. The number of carbonyl (C=O) groups excluding carboxylic acids is 3. The van der Waals surface area contributed by atoms with E-state index >= 15 is 0 Å². The number of benzene rings is 4. The van der Waals surface area contributed by atoms with Crippen molar-refractivity contribution in [3.63, 3.8) is 0 Å². The molecule has 1 atom stereocenters. The van der Waals surface area contributed by atoms with Crippen molar-refractivity contribution in [3.8, 4) is 0 Å². The molecule has 4 aromatic carbocycles. The maximum atomic E-state index is 13.4. The van der Waals surface area contributed by atoms with Crippen LogP contribution in [0.25, 0.3) is 6.08 Å². The van der Waals surface area contributed by atoms with E-state index in [1.54, 1.807) is 74.5 Å². The van der Waals surface area contributed by atoms with Crippen LogP contribution in [0.1, 0.15) is 53.7 Å². The number of anilines is 2. The molecule has 45 heavy (non-hydrogen) atoms. The summed E-state index contributed by atoms with van der Waals surface area (Å²) in [6.07, 6.45) is 1.63.